The topological polar surface area (TPSA) is 40.5 Å². The van der Waals surface area contributed by atoms with Crippen LogP contribution in [0.2, 0.25) is 0 Å². The van der Waals surface area contributed by atoms with Gasteiger partial charge in [0, 0.05) is 12.1 Å². The number of hydrogen-bond donors (Lipinski definition) is 1. The molecule has 0 radical (unpaired) electrons. The molecule has 0 aromatic rings. The lowest BCUT2D eigenvalue weighted by atomic mass is 9.84. The molecule has 0 aromatic carbocycles. The minimum absolute atomic E-state index is 0.218. The Balaban J connectivity index is 1.95. The maximum absolute atomic E-state index is 11.6. The lowest BCUT2D eigenvalue weighted by Crippen LogP contribution is -2.47. The van der Waals surface area contributed by atoms with Crippen molar-refractivity contribution in [3.63, 3.8) is 0 Å². The Labute approximate surface area is 123 Å². The zero-order valence-corrected chi connectivity index (χ0v) is 13.2. The fourth-order valence-electron chi connectivity index (χ4n) is 4.37. The molecule has 0 bridgehead atoms. The second-order valence-corrected chi connectivity index (χ2v) is 6.85. The Morgan fingerprint density at radius 3 is 2.70 bits per heavy atom. The summed E-state index contributed by atoms with van der Waals surface area (Å²) >= 11 is 0. The summed E-state index contributed by atoms with van der Waals surface area (Å²) in [6.07, 6.45) is 12.2. The number of nitrogens with zero attached hydrogens (tertiary/aromatic N) is 1. The minimum Gasteiger partial charge on any atom is -0.480 e. The normalized spacial score (nSPS) is 32.0. The van der Waals surface area contributed by atoms with Crippen LogP contribution < -0.4 is 0 Å². The lowest BCUT2D eigenvalue weighted by molar-refractivity contribution is -0.143. The zero-order chi connectivity index (χ0) is 14.5. The molecule has 0 amide bonds. The first-order valence-corrected chi connectivity index (χ1v) is 8.65. The highest BCUT2D eigenvalue weighted by Gasteiger charge is 2.46. The second-order valence-electron chi connectivity index (χ2n) is 6.85. The van der Waals surface area contributed by atoms with Crippen LogP contribution in [0.25, 0.3) is 0 Å². The van der Waals surface area contributed by atoms with Crippen molar-refractivity contribution in [2.24, 2.45) is 5.92 Å². The van der Waals surface area contributed by atoms with E-state index in [9.17, 15) is 9.90 Å². The smallest absolute Gasteiger partial charge is 0.320 e. The van der Waals surface area contributed by atoms with Crippen LogP contribution in [0.4, 0.5) is 0 Å². The third-order valence-electron chi connectivity index (χ3n) is 5.41. The number of unbranched alkanes of at least 4 members (excludes halogenated alkanes) is 3. The van der Waals surface area contributed by atoms with Crippen molar-refractivity contribution < 1.29 is 9.90 Å². The number of carboxylic acids is 1. The molecule has 3 nitrogen and oxygen atoms in total. The molecule has 2 fully saturated rings. The molecular weight excluding hydrogens is 250 g/mol. The number of hydrogen-bond acceptors (Lipinski definition) is 2. The third kappa shape index (κ3) is 3.55. The highest BCUT2D eigenvalue weighted by Crippen LogP contribution is 2.41. The molecule has 2 rings (SSSR count). The van der Waals surface area contributed by atoms with E-state index in [1.165, 1.54) is 51.4 Å². The van der Waals surface area contributed by atoms with Crippen LogP contribution in [0.5, 0.6) is 0 Å². The van der Waals surface area contributed by atoms with Gasteiger partial charge in [0.2, 0.25) is 0 Å². The van der Waals surface area contributed by atoms with Crippen molar-refractivity contribution in [1.29, 1.82) is 0 Å². The first-order chi connectivity index (χ1) is 9.65. The quantitative estimate of drug-likeness (QED) is 0.715. The molecule has 0 spiro atoms. The average molecular weight is 281 g/mol. The Bertz CT molecular complexity index is 318. The van der Waals surface area contributed by atoms with E-state index in [4.69, 9.17) is 0 Å². The number of carboxylic acid groups (broad SMARTS) is 1. The van der Waals surface area contributed by atoms with Gasteiger partial charge < -0.3 is 5.11 Å². The van der Waals surface area contributed by atoms with Crippen molar-refractivity contribution in [3.05, 3.63) is 0 Å². The van der Waals surface area contributed by atoms with Crippen molar-refractivity contribution in [2.45, 2.75) is 96.2 Å². The highest BCUT2D eigenvalue weighted by atomic mass is 16.4. The maximum Gasteiger partial charge on any atom is 0.320 e. The Hall–Kier alpha value is -0.570. The van der Waals surface area contributed by atoms with Gasteiger partial charge in [0.1, 0.15) is 6.04 Å². The van der Waals surface area contributed by atoms with E-state index in [1.54, 1.807) is 0 Å². The van der Waals surface area contributed by atoms with Gasteiger partial charge >= 0.3 is 5.97 Å². The third-order valence-corrected chi connectivity index (χ3v) is 5.41. The van der Waals surface area contributed by atoms with Crippen LogP contribution in [0.1, 0.15) is 78.1 Å². The van der Waals surface area contributed by atoms with E-state index in [0.29, 0.717) is 18.0 Å². The monoisotopic (exact) mass is 281 g/mol. The number of carbonyl (C=O) groups is 1. The summed E-state index contributed by atoms with van der Waals surface area (Å²) in [4.78, 5) is 14.0. The molecule has 1 aliphatic carbocycles. The van der Waals surface area contributed by atoms with Gasteiger partial charge in [0.05, 0.1) is 0 Å². The maximum atomic E-state index is 11.6. The van der Waals surface area contributed by atoms with E-state index in [-0.39, 0.29) is 6.04 Å². The molecular formula is C17H31NO2. The predicted molar refractivity (Wildman–Crippen MR) is 81.8 cm³/mol. The highest BCUT2D eigenvalue weighted by molar-refractivity contribution is 5.74. The van der Waals surface area contributed by atoms with Crippen LogP contribution in [-0.4, -0.2) is 34.1 Å². The van der Waals surface area contributed by atoms with Gasteiger partial charge in [-0.25, -0.2) is 0 Å². The first-order valence-electron chi connectivity index (χ1n) is 8.65. The Kier molecular flexibility index (Phi) is 5.88. The molecule has 4 atom stereocenters. The molecule has 1 saturated heterocycles. The number of fused-ring (bicyclic) bond motifs is 1. The van der Waals surface area contributed by atoms with Crippen LogP contribution in [0.15, 0.2) is 0 Å². The second kappa shape index (κ2) is 7.44. The summed E-state index contributed by atoms with van der Waals surface area (Å²) < 4.78 is 0. The fourth-order valence-corrected chi connectivity index (χ4v) is 4.37. The van der Waals surface area contributed by atoms with Gasteiger partial charge in [0.15, 0.2) is 0 Å². The fraction of sp³-hybridized carbons (Fsp3) is 0.941. The molecule has 1 saturated carbocycles. The lowest BCUT2D eigenvalue weighted by Gasteiger charge is -2.37. The standard InChI is InChI=1S/C17H31NO2/c1-3-4-5-6-9-13(2)18-15-11-8-7-10-14(15)12-16(18)17(19)20/h13-16H,3-12H2,1-2H3,(H,19,20). The summed E-state index contributed by atoms with van der Waals surface area (Å²) in [5.74, 6) is 0.0442. The van der Waals surface area contributed by atoms with Gasteiger partial charge in [-0.2, -0.15) is 0 Å². The van der Waals surface area contributed by atoms with Crippen molar-refractivity contribution in [2.75, 3.05) is 0 Å². The van der Waals surface area contributed by atoms with Crippen molar-refractivity contribution >= 4 is 5.97 Å². The molecule has 1 heterocycles. The molecule has 20 heavy (non-hydrogen) atoms. The molecule has 0 aromatic heterocycles. The largest absolute Gasteiger partial charge is 0.480 e. The first kappa shape index (κ1) is 15.8. The van der Waals surface area contributed by atoms with E-state index in [2.05, 4.69) is 18.7 Å². The van der Waals surface area contributed by atoms with Gasteiger partial charge in [-0.1, -0.05) is 45.4 Å². The number of likely N-dealkylation sites (tertiary alicyclic amines) is 1. The molecule has 1 aliphatic heterocycles. The Morgan fingerprint density at radius 2 is 2.00 bits per heavy atom. The van der Waals surface area contributed by atoms with E-state index in [1.807, 2.05) is 0 Å². The molecule has 3 heteroatoms. The summed E-state index contributed by atoms with van der Waals surface area (Å²) in [5, 5.41) is 9.55. The number of aliphatic carboxylic acids is 1. The molecule has 4 unspecified atom stereocenters. The SMILES string of the molecule is CCCCCCC(C)N1C(C(=O)O)CC2CCCCC21. The Morgan fingerprint density at radius 1 is 1.25 bits per heavy atom. The van der Waals surface area contributed by atoms with E-state index >= 15 is 0 Å². The van der Waals surface area contributed by atoms with Gasteiger partial charge in [-0.15, -0.1) is 0 Å². The molecule has 1 N–H and O–H groups in total. The summed E-state index contributed by atoms with van der Waals surface area (Å²) in [5.41, 5.74) is 0. The van der Waals surface area contributed by atoms with Crippen molar-refractivity contribution in [1.82, 2.24) is 4.90 Å². The van der Waals surface area contributed by atoms with Crippen LogP contribution in [-0.2, 0) is 4.79 Å². The van der Waals surface area contributed by atoms with Gasteiger partial charge in [0.25, 0.3) is 0 Å². The summed E-state index contributed by atoms with van der Waals surface area (Å²) in [6, 6.07) is 0.761. The van der Waals surface area contributed by atoms with Gasteiger partial charge in [-0.3, -0.25) is 9.69 Å². The predicted octanol–water partition coefficient (Wildman–Crippen LogP) is 4.06. The van der Waals surface area contributed by atoms with Crippen LogP contribution in [0, 0.1) is 5.92 Å². The molecule has 2 aliphatic rings. The minimum atomic E-state index is -0.597. The summed E-state index contributed by atoms with van der Waals surface area (Å²) in [7, 11) is 0. The van der Waals surface area contributed by atoms with Crippen LogP contribution >= 0.6 is 0 Å². The van der Waals surface area contributed by atoms with Gasteiger partial charge in [-0.05, 0) is 38.5 Å². The van der Waals surface area contributed by atoms with E-state index in [0.717, 1.165) is 12.8 Å². The zero-order valence-electron chi connectivity index (χ0n) is 13.2. The van der Waals surface area contributed by atoms with Crippen LogP contribution in [0.3, 0.4) is 0 Å². The average Bonchev–Trinajstić information content (AvgIpc) is 2.83. The molecule has 116 valence electrons. The van der Waals surface area contributed by atoms with Crippen molar-refractivity contribution in [3.8, 4) is 0 Å². The number of rotatable bonds is 7. The van der Waals surface area contributed by atoms with E-state index < -0.39 is 5.97 Å². The summed E-state index contributed by atoms with van der Waals surface area (Å²) in [6.45, 7) is 4.48.